The van der Waals surface area contributed by atoms with Crippen molar-refractivity contribution in [1.82, 2.24) is 0 Å². The minimum absolute atomic E-state index is 0.420. The molecular weight excluding hydrogens is 294 g/mol. The van der Waals surface area contributed by atoms with Crippen molar-refractivity contribution in [3.63, 3.8) is 0 Å². The maximum absolute atomic E-state index is 12.0. The quantitative estimate of drug-likeness (QED) is 0.635. The predicted molar refractivity (Wildman–Crippen MR) is 75.0 cm³/mol. The van der Waals surface area contributed by atoms with Crippen molar-refractivity contribution < 1.29 is 9.59 Å². The van der Waals surface area contributed by atoms with Crippen LogP contribution in [0.5, 0.6) is 0 Å². The van der Waals surface area contributed by atoms with Crippen molar-refractivity contribution in [1.29, 1.82) is 0 Å². The van der Waals surface area contributed by atoms with Gasteiger partial charge in [-0.1, -0.05) is 21.5 Å². The van der Waals surface area contributed by atoms with E-state index in [-0.39, 0.29) is 0 Å². The number of ketones is 1. The van der Waals surface area contributed by atoms with Gasteiger partial charge in [-0.2, -0.15) is 0 Å². The maximum atomic E-state index is 12.0. The van der Waals surface area contributed by atoms with Crippen molar-refractivity contribution in [2.45, 2.75) is 20.3 Å². The second-order valence-corrected chi connectivity index (χ2v) is 5.53. The summed E-state index contributed by atoms with van der Waals surface area (Å²) in [6, 6.07) is 3.63. The molecule has 3 nitrogen and oxygen atoms in total. The topological polar surface area (TPSA) is 37.4 Å². The van der Waals surface area contributed by atoms with Crippen molar-refractivity contribution in [3.05, 3.63) is 39.9 Å². The Morgan fingerprint density at radius 2 is 2.06 bits per heavy atom. The average molecular weight is 308 g/mol. The molecule has 0 fully saturated rings. The van der Waals surface area contributed by atoms with Gasteiger partial charge in [-0.3, -0.25) is 9.59 Å². The molecular formula is C14H14BrNO2. The van der Waals surface area contributed by atoms with Gasteiger partial charge >= 0.3 is 0 Å². The summed E-state index contributed by atoms with van der Waals surface area (Å²) < 4.78 is 0.821. The standard InChI is InChI=1S/C14H14BrNO2/c1-8(2)4-5-16-12-9(3)6-10(15)7-11(12)13(17)14(16)18/h6-7H,1,4-5H2,2-3H3. The molecule has 2 rings (SSSR count). The number of benzene rings is 1. The van der Waals surface area contributed by atoms with Gasteiger partial charge in [0.25, 0.3) is 11.7 Å². The molecule has 1 heterocycles. The summed E-state index contributed by atoms with van der Waals surface area (Å²) in [4.78, 5) is 25.5. The zero-order valence-electron chi connectivity index (χ0n) is 10.4. The van der Waals surface area contributed by atoms with E-state index < -0.39 is 11.7 Å². The normalized spacial score (nSPS) is 14.1. The number of aryl methyl sites for hydroxylation is 1. The number of nitrogens with zero attached hydrogens (tertiary/aromatic N) is 1. The molecule has 1 amide bonds. The van der Waals surface area contributed by atoms with Crippen molar-refractivity contribution in [2.75, 3.05) is 11.4 Å². The van der Waals surface area contributed by atoms with Gasteiger partial charge in [0.1, 0.15) is 0 Å². The summed E-state index contributed by atoms with van der Waals surface area (Å²) in [6.45, 7) is 8.15. The number of Topliss-reactive ketones (excluding diaryl/α,β-unsaturated/α-hetero) is 1. The van der Waals surface area contributed by atoms with Gasteiger partial charge in [-0.25, -0.2) is 0 Å². The van der Waals surface area contributed by atoms with E-state index >= 15 is 0 Å². The summed E-state index contributed by atoms with van der Waals surface area (Å²) in [7, 11) is 0. The molecule has 0 bridgehead atoms. The van der Waals surface area contributed by atoms with Crippen molar-refractivity contribution in [2.24, 2.45) is 0 Å². The smallest absolute Gasteiger partial charge is 0.299 e. The van der Waals surface area contributed by atoms with Crippen LogP contribution in [0.25, 0.3) is 0 Å². The molecule has 1 aromatic rings. The van der Waals surface area contributed by atoms with E-state index in [1.165, 1.54) is 0 Å². The van der Waals surface area contributed by atoms with Crippen LogP contribution in [-0.4, -0.2) is 18.2 Å². The summed E-state index contributed by atoms with van der Waals surface area (Å²) in [5, 5.41) is 0. The van der Waals surface area contributed by atoms with E-state index in [0.29, 0.717) is 18.5 Å². The Balaban J connectivity index is 2.45. The Labute approximate surface area is 115 Å². The van der Waals surface area contributed by atoms with Crippen LogP contribution in [0.1, 0.15) is 29.3 Å². The number of carbonyl (C=O) groups is 2. The molecule has 18 heavy (non-hydrogen) atoms. The zero-order chi connectivity index (χ0) is 13.4. The van der Waals surface area contributed by atoms with E-state index in [1.54, 1.807) is 11.0 Å². The third-order valence-electron chi connectivity index (χ3n) is 2.98. The predicted octanol–water partition coefficient (Wildman–Crippen LogP) is 3.25. The number of halogens is 1. The summed E-state index contributed by atoms with van der Waals surface area (Å²) in [6.07, 6.45) is 0.702. The average Bonchev–Trinajstić information content (AvgIpc) is 2.51. The number of carbonyl (C=O) groups excluding carboxylic acids is 2. The van der Waals surface area contributed by atoms with Gasteiger partial charge in [0.05, 0.1) is 11.3 Å². The molecule has 0 aromatic heterocycles. The first-order chi connectivity index (χ1) is 8.41. The van der Waals surface area contributed by atoms with Gasteiger partial charge < -0.3 is 4.90 Å². The third kappa shape index (κ3) is 2.12. The molecule has 1 aliphatic heterocycles. The van der Waals surface area contributed by atoms with Crippen molar-refractivity contribution in [3.8, 4) is 0 Å². The first-order valence-corrected chi connectivity index (χ1v) is 6.52. The van der Waals surface area contributed by atoms with E-state index in [9.17, 15) is 9.59 Å². The van der Waals surface area contributed by atoms with Crippen LogP contribution >= 0.6 is 15.9 Å². The number of fused-ring (bicyclic) bond motifs is 1. The van der Waals surface area contributed by atoms with Gasteiger partial charge in [0.15, 0.2) is 0 Å². The zero-order valence-corrected chi connectivity index (χ0v) is 12.0. The van der Waals surface area contributed by atoms with Crippen LogP contribution in [-0.2, 0) is 4.79 Å². The third-order valence-corrected chi connectivity index (χ3v) is 3.44. The van der Waals surface area contributed by atoms with E-state index in [4.69, 9.17) is 0 Å². The highest BCUT2D eigenvalue weighted by Crippen LogP contribution is 2.35. The second-order valence-electron chi connectivity index (χ2n) is 4.61. The van der Waals surface area contributed by atoms with Crippen LogP contribution in [0.4, 0.5) is 5.69 Å². The molecule has 0 radical (unpaired) electrons. The molecule has 0 saturated heterocycles. The number of amides is 1. The molecule has 4 heteroatoms. The van der Waals surface area contributed by atoms with E-state index in [1.807, 2.05) is 19.9 Å². The van der Waals surface area contributed by atoms with Crippen molar-refractivity contribution >= 4 is 33.3 Å². The Morgan fingerprint density at radius 1 is 1.39 bits per heavy atom. The van der Waals surface area contributed by atoms with Gasteiger partial charge in [0, 0.05) is 11.0 Å². The highest BCUT2D eigenvalue weighted by Gasteiger charge is 2.36. The first kappa shape index (κ1) is 13.0. The Hall–Kier alpha value is -1.42. The Kier molecular flexibility index (Phi) is 3.39. The van der Waals surface area contributed by atoms with E-state index in [2.05, 4.69) is 22.5 Å². The summed E-state index contributed by atoms with van der Waals surface area (Å²) in [5.74, 6) is -0.858. The highest BCUT2D eigenvalue weighted by atomic mass is 79.9. The monoisotopic (exact) mass is 307 g/mol. The molecule has 0 unspecified atom stereocenters. The molecule has 1 aromatic carbocycles. The molecule has 0 spiro atoms. The van der Waals surface area contributed by atoms with Gasteiger partial charge in [0.2, 0.25) is 0 Å². The number of anilines is 1. The number of hydrogen-bond acceptors (Lipinski definition) is 2. The second kappa shape index (κ2) is 4.69. The van der Waals surface area contributed by atoms with E-state index in [0.717, 1.165) is 21.3 Å². The summed E-state index contributed by atoms with van der Waals surface area (Å²) in [5.41, 5.74) is 3.17. The van der Waals surface area contributed by atoms with Crippen LogP contribution < -0.4 is 4.90 Å². The molecule has 0 saturated carbocycles. The van der Waals surface area contributed by atoms with Gasteiger partial charge in [-0.15, -0.1) is 6.58 Å². The van der Waals surface area contributed by atoms with Gasteiger partial charge in [-0.05, 0) is 38.0 Å². The highest BCUT2D eigenvalue weighted by molar-refractivity contribution is 9.10. The molecule has 0 aliphatic carbocycles. The fraction of sp³-hybridized carbons (Fsp3) is 0.286. The summed E-state index contributed by atoms with van der Waals surface area (Å²) >= 11 is 3.35. The number of hydrogen-bond donors (Lipinski definition) is 0. The Morgan fingerprint density at radius 3 is 2.67 bits per heavy atom. The lowest BCUT2D eigenvalue weighted by Gasteiger charge is -2.18. The van der Waals surface area contributed by atoms with Crippen LogP contribution in [0, 0.1) is 6.92 Å². The van der Waals surface area contributed by atoms with Crippen LogP contribution in [0.3, 0.4) is 0 Å². The minimum atomic E-state index is -0.438. The lowest BCUT2D eigenvalue weighted by molar-refractivity contribution is -0.114. The number of rotatable bonds is 3. The van der Waals surface area contributed by atoms with Crippen LogP contribution in [0.2, 0.25) is 0 Å². The lowest BCUT2D eigenvalue weighted by Crippen LogP contribution is -2.31. The SMILES string of the molecule is C=C(C)CCN1C(=O)C(=O)c2cc(Br)cc(C)c21. The fourth-order valence-electron chi connectivity index (χ4n) is 2.12. The molecule has 94 valence electrons. The molecule has 1 aliphatic rings. The molecule has 0 atom stereocenters. The maximum Gasteiger partial charge on any atom is 0.299 e. The lowest BCUT2D eigenvalue weighted by atomic mass is 10.1. The van der Waals surface area contributed by atoms with Crippen LogP contribution in [0.15, 0.2) is 28.8 Å². The largest absolute Gasteiger partial charge is 0.304 e. The first-order valence-electron chi connectivity index (χ1n) is 5.72. The molecule has 0 N–H and O–H groups in total. The minimum Gasteiger partial charge on any atom is -0.304 e. The Bertz CT molecular complexity index is 563. The fourth-order valence-corrected chi connectivity index (χ4v) is 2.69.